The molecule has 0 saturated carbocycles. The van der Waals surface area contributed by atoms with Crippen LogP contribution in [0.25, 0.3) is 0 Å². The van der Waals surface area contributed by atoms with Gasteiger partial charge in [-0.25, -0.2) is 0 Å². The van der Waals surface area contributed by atoms with Crippen LogP contribution in [0.5, 0.6) is 0 Å². The van der Waals surface area contributed by atoms with Crippen LogP contribution in [0.2, 0.25) is 0 Å². The minimum Gasteiger partial charge on any atom is -0.388 e. The number of nitrogens with zero attached hydrogens (tertiary/aromatic N) is 1. The number of aliphatic hydroxyl groups is 1. The van der Waals surface area contributed by atoms with E-state index < -0.39 is 0 Å². The summed E-state index contributed by atoms with van der Waals surface area (Å²) < 4.78 is 6.21. The van der Waals surface area contributed by atoms with Gasteiger partial charge in [0.2, 0.25) is 0 Å². The summed E-state index contributed by atoms with van der Waals surface area (Å²) in [6, 6.07) is 0. The van der Waals surface area contributed by atoms with Crippen molar-refractivity contribution in [2.45, 2.75) is 13.0 Å². The van der Waals surface area contributed by atoms with Crippen molar-refractivity contribution in [3.8, 4) is 0 Å². The highest BCUT2D eigenvalue weighted by molar-refractivity contribution is 4.50. The molecule has 1 aliphatic rings. The Bertz CT molecular complexity index is 119. The van der Waals surface area contributed by atoms with Gasteiger partial charge in [-0.05, 0) is 6.92 Å². The predicted octanol–water partition coefficient (Wildman–Crippen LogP) is -0.156. The average molecular weight is 160 g/mol. The monoisotopic (exact) mass is 160 g/mol. The Balaban J connectivity index is 2.37. The average Bonchev–Trinajstić information content (AvgIpc) is 1.85. The molecular formula is C8H18NO2+. The minimum absolute atomic E-state index is 0.196. The zero-order valence-corrected chi connectivity index (χ0v) is 7.42. The van der Waals surface area contributed by atoms with Gasteiger partial charge < -0.3 is 14.3 Å². The molecule has 1 aliphatic heterocycles. The maximum absolute atomic E-state index is 9.21. The molecule has 0 spiro atoms. The van der Waals surface area contributed by atoms with Crippen molar-refractivity contribution in [2.24, 2.45) is 0 Å². The van der Waals surface area contributed by atoms with E-state index in [4.69, 9.17) is 4.74 Å². The molecule has 1 rings (SSSR count). The Kier molecular flexibility index (Phi) is 2.87. The summed E-state index contributed by atoms with van der Waals surface area (Å²) >= 11 is 0. The molecule has 66 valence electrons. The van der Waals surface area contributed by atoms with Crippen molar-refractivity contribution in [1.29, 1.82) is 0 Å². The first-order valence-electron chi connectivity index (χ1n) is 4.22. The quantitative estimate of drug-likeness (QED) is 0.569. The zero-order chi connectivity index (χ0) is 8.32. The summed E-state index contributed by atoms with van der Waals surface area (Å²) in [4.78, 5) is 0. The standard InChI is InChI=1S/C8H18NO2/c1-8(10)7-9(2)3-5-11-6-4-9/h8,10H,3-7H2,1-2H3/q+1. The first-order valence-corrected chi connectivity index (χ1v) is 4.22. The van der Waals surface area contributed by atoms with Crippen molar-refractivity contribution in [3.63, 3.8) is 0 Å². The van der Waals surface area contributed by atoms with Gasteiger partial charge >= 0.3 is 0 Å². The van der Waals surface area contributed by atoms with Crippen molar-refractivity contribution < 1.29 is 14.3 Å². The Morgan fingerprint density at radius 1 is 1.45 bits per heavy atom. The number of rotatable bonds is 2. The molecule has 0 bridgehead atoms. The third-order valence-electron chi connectivity index (χ3n) is 2.26. The summed E-state index contributed by atoms with van der Waals surface area (Å²) in [6.07, 6.45) is -0.196. The lowest BCUT2D eigenvalue weighted by Crippen LogP contribution is -2.54. The highest BCUT2D eigenvalue weighted by Gasteiger charge is 2.26. The fourth-order valence-corrected chi connectivity index (χ4v) is 1.60. The van der Waals surface area contributed by atoms with Gasteiger partial charge in [0.25, 0.3) is 0 Å². The molecule has 1 N–H and O–H groups in total. The van der Waals surface area contributed by atoms with Gasteiger partial charge in [0, 0.05) is 0 Å². The normalized spacial score (nSPS) is 26.5. The van der Waals surface area contributed by atoms with Crippen LogP contribution in [0, 0.1) is 0 Å². The molecule has 3 heteroatoms. The second-order valence-corrected chi connectivity index (χ2v) is 3.71. The van der Waals surface area contributed by atoms with Crippen LogP contribution in [-0.4, -0.2) is 55.6 Å². The SMILES string of the molecule is CC(O)C[N+]1(C)CCOCC1. The molecule has 0 aliphatic carbocycles. The second kappa shape index (κ2) is 3.52. The van der Waals surface area contributed by atoms with Gasteiger partial charge in [0.1, 0.15) is 25.7 Å². The Hall–Kier alpha value is -0.120. The van der Waals surface area contributed by atoms with Crippen molar-refractivity contribution in [1.82, 2.24) is 0 Å². The number of likely N-dealkylation sites (N-methyl/N-ethyl adjacent to an activating group) is 1. The van der Waals surface area contributed by atoms with E-state index in [0.29, 0.717) is 0 Å². The van der Waals surface area contributed by atoms with Crippen molar-refractivity contribution in [3.05, 3.63) is 0 Å². The molecular weight excluding hydrogens is 142 g/mol. The molecule has 1 fully saturated rings. The number of aliphatic hydroxyl groups excluding tert-OH is 1. The van der Waals surface area contributed by atoms with Crippen LogP contribution in [0.3, 0.4) is 0 Å². The molecule has 0 radical (unpaired) electrons. The van der Waals surface area contributed by atoms with Crippen LogP contribution in [0.15, 0.2) is 0 Å². The number of quaternary nitrogens is 1. The van der Waals surface area contributed by atoms with E-state index in [1.54, 1.807) is 0 Å². The summed E-state index contributed by atoms with van der Waals surface area (Å²) in [5, 5.41) is 9.21. The fourth-order valence-electron chi connectivity index (χ4n) is 1.60. The van der Waals surface area contributed by atoms with Gasteiger partial charge in [0.15, 0.2) is 0 Å². The molecule has 1 unspecified atom stereocenters. The van der Waals surface area contributed by atoms with E-state index in [1.807, 2.05) is 6.92 Å². The van der Waals surface area contributed by atoms with E-state index in [2.05, 4.69) is 7.05 Å². The van der Waals surface area contributed by atoms with Crippen LogP contribution in [0.4, 0.5) is 0 Å². The number of hydrogen-bond donors (Lipinski definition) is 1. The minimum atomic E-state index is -0.196. The molecule has 1 heterocycles. The lowest BCUT2D eigenvalue weighted by atomic mass is 10.3. The van der Waals surface area contributed by atoms with Gasteiger partial charge in [-0.3, -0.25) is 0 Å². The number of ether oxygens (including phenoxy) is 1. The first kappa shape index (κ1) is 8.97. The van der Waals surface area contributed by atoms with Gasteiger partial charge in [0.05, 0.1) is 20.3 Å². The topological polar surface area (TPSA) is 29.5 Å². The Morgan fingerprint density at radius 3 is 2.45 bits per heavy atom. The highest BCUT2D eigenvalue weighted by atomic mass is 16.5. The lowest BCUT2D eigenvalue weighted by molar-refractivity contribution is -0.919. The van der Waals surface area contributed by atoms with Gasteiger partial charge in [-0.15, -0.1) is 0 Å². The molecule has 0 aromatic carbocycles. The fraction of sp³-hybridized carbons (Fsp3) is 1.00. The molecule has 1 saturated heterocycles. The Labute approximate surface area is 68.2 Å². The molecule has 11 heavy (non-hydrogen) atoms. The second-order valence-electron chi connectivity index (χ2n) is 3.71. The Morgan fingerprint density at radius 2 is 2.00 bits per heavy atom. The third-order valence-corrected chi connectivity index (χ3v) is 2.26. The van der Waals surface area contributed by atoms with Crippen LogP contribution >= 0.6 is 0 Å². The van der Waals surface area contributed by atoms with E-state index in [9.17, 15) is 5.11 Å². The summed E-state index contributed by atoms with van der Waals surface area (Å²) in [6.45, 7) is 6.44. The molecule has 0 aromatic heterocycles. The van der Waals surface area contributed by atoms with Crippen LogP contribution in [-0.2, 0) is 4.74 Å². The van der Waals surface area contributed by atoms with Crippen LogP contribution < -0.4 is 0 Å². The number of hydrogen-bond acceptors (Lipinski definition) is 2. The maximum Gasteiger partial charge on any atom is 0.105 e. The summed E-state index contributed by atoms with van der Waals surface area (Å²) in [7, 11) is 2.18. The van der Waals surface area contributed by atoms with Crippen molar-refractivity contribution >= 4 is 0 Å². The van der Waals surface area contributed by atoms with Crippen molar-refractivity contribution in [2.75, 3.05) is 39.9 Å². The number of morpholine rings is 1. The van der Waals surface area contributed by atoms with E-state index in [0.717, 1.165) is 37.3 Å². The zero-order valence-electron chi connectivity index (χ0n) is 7.42. The van der Waals surface area contributed by atoms with Gasteiger partial charge in [-0.2, -0.15) is 0 Å². The van der Waals surface area contributed by atoms with Crippen LogP contribution in [0.1, 0.15) is 6.92 Å². The summed E-state index contributed by atoms with van der Waals surface area (Å²) in [5.41, 5.74) is 0. The molecule has 3 nitrogen and oxygen atoms in total. The predicted molar refractivity (Wildman–Crippen MR) is 43.3 cm³/mol. The summed E-state index contributed by atoms with van der Waals surface area (Å²) in [5.74, 6) is 0. The molecule has 1 atom stereocenters. The first-order chi connectivity index (χ1) is 5.12. The van der Waals surface area contributed by atoms with Gasteiger partial charge in [-0.1, -0.05) is 0 Å². The third kappa shape index (κ3) is 2.77. The molecule has 0 aromatic rings. The highest BCUT2D eigenvalue weighted by Crippen LogP contribution is 2.08. The smallest absolute Gasteiger partial charge is 0.105 e. The lowest BCUT2D eigenvalue weighted by Gasteiger charge is -2.38. The van der Waals surface area contributed by atoms with E-state index in [-0.39, 0.29) is 6.10 Å². The molecule has 0 amide bonds. The van der Waals surface area contributed by atoms with E-state index in [1.165, 1.54) is 0 Å². The largest absolute Gasteiger partial charge is 0.388 e. The maximum atomic E-state index is 9.21. The van der Waals surface area contributed by atoms with E-state index >= 15 is 0 Å².